The summed E-state index contributed by atoms with van der Waals surface area (Å²) in [5.41, 5.74) is 3.62. The van der Waals surface area contributed by atoms with E-state index in [1.165, 1.54) is 0 Å². The van der Waals surface area contributed by atoms with Crippen molar-refractivity contribution in [2.45, 2.75) is 58.8 Å². The van der Waals surface area contributed by atoms with Gasteiger partial charge in [0.1, 0.15) is 0 Å². The fourth-order valence-corrected chi connectivity index (χ4v) is 4.05. The van der Waals surface area contributed by atoms with E-state index in [2.05, 4.69) is 5.32 Å². The molecule has 0 amide bonds. The Bertz CT molecular complexity index is 884. The highest BCUT2D eigenvalue weighted by molar-refractivity contribution is 6.03. The number of nitrogens with one attached hydrogen (secondary N) is 1. The summed E-state index contributed by atoms with van der Waals surface area (Å²) in [6.45, 7) is 6.80. The molecule has 0 saturated carbocycles. The Hall–Kier alpha value is -2.76. The lowest BCUT2D eigenvalue weighted by Crippen LogP contribution is -2.34. The minimum atomic E-state index is -0.479. The van der Waals surface area contributed by atoms with Crippen LogP contribution in [0.5, 0.6) is 11.5 Å². The zero-order valence-corrected chi connectivity index (χ0v) is 18.3. The normalized spacial score (nSPS) is 18.7. The quantitative estimate of drug-likeness (QED) is 0.637. The number of rotatable bonds is 8. The number of carbonyl (C=O) groups is 2. The fourth-order valence-electron chi connectivity index (χ4n) is 4.05. The van der Waals surface area contributed by atoms with Gasteiger partial charge in [0, 0.05) is 29.3 Å². The van der Waals surface area contributed by atoms with Gasteiger partial charge in [-0.2, -0.15) is 0 Å². The van der Waals surface area contributed by atoms with Crippen LogP contribution in [0.15, 0.2) is 40.7 Å². The highest BCUT2D eigenvalue weighted by Crippen LogP contribution is 2.44. The lowest BCUT2D eigenvalue weighted by Gasteiger charge is -2.34. The average molecular weight is 414 g/mol. The molecule has 162 valence electrons. The van der Waals surface area contributed by atoms with Crippen molar-refractivity contribution in [3.63, 3.8) is 0 Å². The summed E-state index contributed by atoms with van der Waals surface area (Å²) in [4.78, 5) is 25.9. The Morgan fingerprint density at radius 1 is 1.13 bits per heavy atom. The first-order valence-electron chi connectivity index (χ1n) is 10.7. The molecule has 1 heterocycles. The van der Waals surface area contributed by atoms with Gasteiger partial charge in [-0.05, 0) is 50.3 Å². The third-order valence-corrected chi connectivity index (χ3v) is 5.42. The molecule has 1 aromatic rings. The van der Waals surface area contributed by atoms with Gasteiger partial charge < -0.3 is 19.5 Å². The zero-order valence-electron chi connectivity index (χ0n) is 18.3. The molecule has 0 saturated heterocycles. The van der Waals surface area contributed by atoms with E-state index in [4.69, 9.17) is 14.2 Å². The lowest BCUT2D eigenvalue weighted by atomic mass is 9.75. The van der Waals surface area contributed by atoms with Gasteiger partial charge in [0.05, 0.1) is 25.9 Å². The van der Waals surface area contributed by atoms with Gasteiger partial charge in [0.15, 0.2) is 17.3 Å². The first kappa shape index (κ1) is 21.9. The van der Waals surface area contributed by atoms with Crippen LogP contribution < -0.4 is 14.8 Å². The molecule has 0 bridgehead atoms. The van der Waals surface area contributed by atoms with Gasteiger partial charge in [-0.15, -0.1) is 0 Å². The van der Waals surface area contributed by atoms with Crippen LogP contribution in [-0.2, 0) is 14.3 Å². The van der Waals surface area contributed by atoms with Crippen molar-refractivity contribution in [2.75, 3.05) is 20.3 Å². The summed E-state index contributed by atoms with van der Waals surface area (Å²) in [5.74, 6) is 0.447. The summed E-state index contributed by atoms with van der Waals surface area (Å²) in [7, 11) is 1.59. The number of esters is 1. The van der Waals surface area contributed by atoms with Crippen LogP contribution in [0.1, 0.15) is 64.4 Å². The molecule has 1 aromatic carbocycles. The van der Waals surface area contributed by atoms with Gasteiger partial charge in [-0.3, -0.25) is 4.79 Å². The number of ether oxygens (including phenoxy) is 3. The fraction of sp³-hybridized carbons (Fsp3) is 0.500. The number of allylic oxidation sites excluding steroid dienone is 3. The van der Waals surface area contributed by atoms with Crippen LogP contribution in [0.2, 0.25) is 0 Å². The first-order valence-corrected chi connectivity index (χ1v) is 10.7. The SMILES string of the molecule is CCCOC(=O)C1=C(C)NC2=C(C(=O)CCC2)[C@@H]1c1ccc(OCCC)c(OC)c1. The number of hydrogen-bond acceptors (Lipinski definition) is 6. The summed E-state index contributed by atoms with van der Waals surface area (Å²) in [6, 6.07) is 5.63. The van der Waals surface area contributed by atoms with E-state index < -0.39 is 5.92 Å². The summed E-state index contributed by atoms with van der Waals surface area (Å²) in [6.07, 6.45) is 3.72. The number of hydrogen-bond donors (Lipinski definition) is 1. The summed E-state index contributed by atoms with van der Waals surface area (Å²) in [5, 5.41) is 3.31. The van der Waals surface area contributed by atoms with E-state index in [-0.39, 0.29) is 11.8 Å². The maximum absolute atomic E-state index is 13.0. The molecule has 0 fully saturated rings. The highest BCUT2D eigenvalue weighted by Gasteiger charge is 2.39. The maximum atomic E-state index is 13.0. The Morgan fingerprint density at radius 2 is 1.90 bits per heavy atom. The second-order valence-electron chi connectivity index (χ2n) is 7.66. The van der Waals surface area contributed by atoms with Gasteiger partial charge in [0.25, 0.3) is 0 Å². The van der Waals surface area contributed by atoms with Crippen LogP contribution in [-0.4, -0.2) is 32.1 Å². The van der Waals surface area contributed by atoms with Crippen LogP contribution in [0.25, 0.3) is 0 Å². The topological polar surface area (TPSA) is 73.9 Å². The highest BCUT2D eigenvalue weighted by atomic mass is 16.5. The van der Waals surface area contributed by atoms with E-state index >= 15 is 0 Å². The van der Waals surface area contributed by atoms with Crippen molar-refractivity contribution in [3.8, 4) is 11.5 Å². The van der Waals surface area contributed by atoms with Crippen molar-refractivity contribution in [1.82, 2.24) is 5.32 Å². The second-order valence-corrected chi connectivity index (χ2v) is 7.66. The van der Waals surface area contributed by atoms with Gasteiger partial charge in [0.2, 0.25) is 0 Å². The molecule has 1 aliphatic carbocycles. The Morgan fingerprint density at radius 3 is 2.60 bits per heavy atom. The minimum absolute atomic E-state index is 0.0762. The smallest absolute Gasteiger partial charge is 0.336 e. The van der Waals surface area contributed by atoms with Crippen LogP contribution in [0.4, 0.5) is 0 Å². The third-order valence-electron chi connectivity index (χ3n) is 5.42. The number of methoxy groups -OCH3 is 1. The van der Waals surface area contributed by atoms with E-state index in [0.717, 1.165) is 42.6 Å². The molecule has 0 radical (unpaired) electrons. The predicted octanol–water partition coefficient (Wildman–Crippen LogP) is 4.41. The molecule has 0 spiro atoms. The third kappa shape index (κ3) is 4.37. The molecule has 0 aromatic heterocycles. The number of carbonyl (C=O) groups excluding carboxylic acids is 2. The maximum Gasteiger partial charge on any atom is 0.336 e. The van der Waals surface area contributed by atoms with Crippen LogP contribution >= 0.6 is 0 Å². The molecule has 6 heteroatoms. The Balaban J connectivity index is 2.09. The van der Waals surface area contributed by atoms with Crippen molar-refractivity contribution < 1.29 is 23.8 Å². The molecule has 6 nitrogen and oxygen atoms in total. The summed E-state index contributed by atoms with van der Waals surface area (Å²) >= 11 is 0. The molecule has 1 aliphatic heterocycles. The number of dihydropyridines is 1. The monoisotopic (exact) mass is 413 g/mol. The van der Waals surface area contributed by atoms with E-state index in [0.29, 0.717) is 42.3 Å². The molecular weight excluding hydrogens is 382 g/mol. The zero-order chi connectivity index (χ0) is 21.7. The van der Waals surface area contributed by atoms with Crippen LogP contribution in [0, 0.1) is 0 Å². The van der Waals surface area contributed by atoms with Crippen molar-refractivity contribution in [3.05, 3.63) is 46.3 Å². The molecule has 1 N–H and O–H groups in total. The molecule has 3 rings (SSSR count). The Kier molecular flexibility index (Phi) is 7.19. The number of Topliss-reactive ketones (excluding diaryl/α,β-unsaturated/α-hetero) is 1. The minimum Gasteiger partial charge on any atom is -0.493 e. The molecule has 0 unspecified atom stereocenters. The second kappa shape index (κ2) is 9.83. The average Bonchev–Trinajstić information content (AvgIpc) is 2.75. The summed E-state index contributed by atoms with van der Waals surface area (Å²) < 4.78 is 16.8. The lowest BCUT2D eigenvalue weighted by molar-refractivity contribution is -0.139. The van der Waals surface area contributed by atoms with E-state index in [9.17, 15) is 9.59 Å². The van der Waals surface area contributed by atoms with Crippen LogP contribution in [0.3, 0.4) is 0 Å². The largest absolute Gasteiger partial charge is 0.493 e. The predicted molar refractivity (Wildman–Crippen MR) is 114 cm³/mol. The number of benzene rings is 1. The van der Waals surface area contributed by atoms with E-state index in [1.807, 2.05) is 39.0 Å². The van der Waals surface area contributed by atoms with Crippen molar-refractivity contribution >= 4 is 11.8 Å². The van der Waals surface area contributed by atoms with E-state index in [1.54, 1.807) is 7.11 Å². The molecular formula is C24H31NO5. The van der Waals surface area contributed by atoms with Crippen molar-refractivity contribution in [2.24, 2.45) is 0 Å². The molecule has 1 atom stereocenters. The van der Waals surface area contributed by atoms with Crippen molar-refractivity contribution in [1.29, 1.82) is 0 Å². The standard InChI is InChI=1S/C24H31NO5/c1-5-12-29-19-11-10-16(14-20(19)28-4)22-21(24(27)30-13-6-2)15(3)25-17-8-7-9-18(26)23(17)22/h10-11,14,22,25H,5-9,12-13H2,1-4H3/t22-/m1/s1. The molecule has 2 aliphatic rings. The van der Waals surface area contributed by atoms with Gasteiger partial charge in [-0.1, -0.05) is 19.9 Å². The molecule has 30 heavy (non-hydrogen) atoms. The first-order chi connectivity index (χ1) is 14.5. The Labute approximate surface area is 178 Å². The van der Waals surface area contributed by atoms with Gasteiger partial charge in [-0.25, -0.2) is 4.79 Å². The number of ketones is 1. The van der Waals surface area contributed by atoms with Gasteiger partial charge >= 0.3 is 5.97 Å².